The Hall–Kier alpha value is -4.37. The molecule has 1 fully saturated rings. The van der Waals surface area contributed by atoms with E-state index in [0.29, 0.717) is 37.5 Å². The predicted octanol–water partition coefficient (Wildman–Crippen LogP) is 4.86. The molecule has 9 nitrogen and oxygen atoms in total. The Morgan fingerprint density at radius 2 is 1.48 bits per heavy atom. The quantitative estimate of drug-likeness (QED) is 0.213. The number of nitrogens with zero attached hydrogens (tertiary/aromatic N) is 2. The maximum Gasteiger partial charge on any atom is 0.410 e. The molecular formula is C33H39N3O6. The van der Waals surface area contributed by atoms with Crippen molar-refractivity contribution in [2.45, 2.75) is 57.5 Å². The summed E-state index contributed by atoms with van der Waals surface area (Å²) in [6, 6.07) is 25.7. The van der Waals surface area contributed by atoms with Gasteiger partial charge in [-0.1, -0.05) is 60.7 Å². The largest absolute Gasteiger partial charge is 0.490 e. The van der Waals surface area contributed by atoms with Crippen LogP contribution in [-0.4, -0.2) is 65.3 Å². The van der Waals surface area contributed by atoms with E-state index < -0.39 is 23.8 Å². The number of hydrogen-bond acceptors (Lipinski definition) is 7. The molecule has 0 saturated carbocycles. The van der Waals surface area contributed by atoms with Gasteiger partial charge in [0.15, 0.2) is 12.2 Å². The standard InChI is InChI=1S/C33H39N3O6/c1-33(2,3)42-32(39)36-20-18-26(19-21-36)35-30(34)25-14-16-27(17-15-25)40-22-28(37)31(38)41-29(23-10-6-4-7-11-23)24-12-8-5-9-13-24/h4-17,26,28-29,37H,18-22H2,1-3H3,(H2,34,35)/t28-/m1/s1. The number of piperidine rings is 1. The molecule has 0 aromatic heterocycles. The maximum atomic E-state index is 12.8. The van der Waals surface area contributed by atoms with Crippen molar-refractivity contribution in [1.82, 2.24) is 4.90 Å². The number of carbonyl (C=O) groups is 2. The lowest BCUT2D eigenvalue weighted by Crippen LogP contribution is -2.42. The molecule has 3 aromatic rings. The minimum absolute atomic E-state index is 0.0105. The molecule has 1 amide bonds. The van der Waals surface area contributed by atoms with Crippen molar-refractivity contribution < 1.29 is 28.9 Å². The van der Waals surface area contributed by atoms with E-state index in [4.69, 9.17) is 19.9 Å². The molecule has 0 radical (unpaired) electrons. The molecule has 1 saturated heterocycles. The van der Waals surface area contributed by atoms with Crippen molar-refractivity contribution in [3.63, 3.8) is 0 Å². The van der Waals surface area contributed by atoms with E-state index in [1.54, 1.807) is 29.2 Å². The molecule has 1 atom stereocenters. The van der Waals surface area contributed by atoms with Gasteiger partial charge in [0.1, 0.15) is 23.8 Å². The summed E-state index contributed by atoms with van der Waals surface area (Å²) in [5.74, 6) is 0.0823. The summed E-state index contributed by atoms with van der Waals surface area (Å²) >= 11 is 0. The summed E-state index contributed by atoms with van der Waals surface area (Å²) in [6.07, 6.45) is -1.03. The van der Waals surface area contributed by atoms with Gasteiger partial charge in [-0.15, -0.1) is 0 Å². The summed E-state index contributed by atoms with van der Waals surface area (Å²) in [7, 11) is 0. The highest BCUT2D eigenvalue weighted by Gasteiger charge is 2.27. The van der Waals surface area contributed by atoms with Gasteiger partial charge < -0.3 is 30.0 Å². The molecule has 1 aliphatic heterocycles. The molecule has 3 N–H and O–H groups in total. The highest BCUT2D eigenvalue weighted by Crippen LogP contribution is 2.26. The summed E-state index contributed by atoms with van der Waals surface area (Å²) in [4.78, 5) is 31.4. The van der Waals surface area contributed by atoms with Gasteiger partial charge in [0.05, 0.1) is 6.04 Å². The monoisotopic (exact) mass is 573 g/mol. The third-order valence-electron chi connectivity index (χ3n) is 6.71. The van der Waals surface area contributed by atoms with Gasteiger partial charge in [0, 0.05) is 18.7 Å². The topological polar surface area (TPSA) is 124 Å². The summed E-state index contributed by atoms with van der Waals surface area (Å²) < 4.78 is 16.8. The fraction of sp³-hybridized carbons (Fsp3) is 0.364. The Morgan fingerprint density at radius 3 is 2.00 bits per heavy atom. The smallest absolute Gasteiger partial charge is 0.410 e. The summed E-state index contributed by atoms with van der Waals surface area (Å²) in [6.45, 7) is 6.40. The number of likely N-dealkylation sites (tertiary alicyclic amines) is 1. The second kappa shape index (κ2) is 14.0. The van der Waals surface area contributed by atoms with Crippen molar-refractivity contribution in [3.05, 3.63) is 102 Å². The van der Waals surface area contributed by atoms with Crippen LogP contribution in [0.1, 0.15) is 56.4 Å². The normalized spacial score (nSPS) is 15.3. The van der Waals surface area contributed by atoms with E-state index >= 15 is 0 Å². The molecule has 0 bridgehead atoms. The number of amides is 1. The Kier molecular flexibility index (Phi) is 10.2. The number of amidine groups is 1. The lowest BCUT2D eigenvalue weighted by atomic mass is 10.0. The van der Waals surface area contributed by atoms with Gasteiger partial charge in [-0.05, 0) is 69.0 Å². The number of aliphatic hydroxyl groups excluding tert-OH is 1. The first kappa shape index (κ1) is 30.6. The Morgan fingerprint density at radius 1 is 0.929 bits per heavy atom. The summed E-state index contributed by atoms with van der Waals surface area (Å²) in [5, 5.41) is 10.5. The van der Waals surface area contributed by atoms with Crippen LogP contribution in [-0.2, 0) is 14.3 Å². The number of benzene rings is 3. The molecule has 222 valence electrons. The fourth-order valence-electron chi connectivity index (χ4n) is 4.52. The number of aliphatic hydroxyl groups is 1. The zero-order valence-corrected chi connectivity index (χ0v) is 24.3. The van der Waals surface area contributed by atoms with Gasteiger partial charge >= 0.3 is 12.1 Å². The van der Waals surface area contributed by atoms with Crippen LogP contribution >= 0.6 is 0 Å². The number of aliphatic imine (C=N–C) groups is 1. The lowest BCUT2D eigenvalue weighted by molar-refractivity contribution is -0.159. The third kappa shape index (κ3) is 8.81. The first-order valence-electron chi connectivity index (χ1n) is 14.1. The van der Waals surface area contributed by atoms with Crippen LogP contribution in [0.5, 0.6) is 5.75 Å². The molecule has 4 rings (SSSR count). The first-order valence-corrected chi connectivity index (χ1v) is 14.1. The Labute approximate surface area is 246 Å². The van der Waals surface area contributed by atoms with Crippen LogP contribution < -0.4 is 10.5 Å². The van der Waals surface area contributed by atoms with E-state index in [1.165, 1.54) is 0 Å². The molecule has 3 aromatic carbocycles. The predicted molar refractivity (Wildman–Crippen MR) is 160 cm³/mol. The molecule has 0 unspecified atom stereocenters. The van der Waals surface area contributed by atoms with Crippen LogP contribution in [0.25, 0.3) is 0 Å². The zero-order valence-electron chi connectivity index (χ0n) is 24.3. The van der Waals surface area contributed by atoms with Crippen molar-refractivity contribution in [2.24, 2.45) is 10.7 Å². The molecule has 1 heterocycles. The number of esters is 1. The minimum Gasteiger partial charge on any atom is -0.490 e. The molecular weight excluding hydrogens is 534 g/mol. The van der Waals surface area contributed by atoms with Crippen LogP contribution in [0.2, 0.25) is 0 Å². The number of carbonyl (C=O) groups excluding carboxylic acids is 2. The van der Waals surface area contributed by atoms with Crippen molar-refractivity contribution >= 4 is 17.9 Å². The van der Waals surface area contributed by atoms with Crippen molar-refractivity contribution in [2.75, 3.05) is 19.7 Å². The van der Waals surface area contributed by atoms with E-state index in [-0.39, 0.29) is 18.7 Å². The minimum atomic E-state index is -1.47. The molecule has 9 heteroatoms. The van der Waals surface area contributed by atoms with E-state index in [1.807, 2.05) is 81.4 Å². The molecule has 0 aliphatic carbocycles. The molecule has 1 aliphatic rings. The SMILES string of the molecule is CC(C)(C)OC(=O)N1CCC(N=C(N)c2ccc(OC[C@@H](O)C(=O)OC(c3ccccc3)c3ccccc3)cc2)CC1. The first-order chi connectivity index (χ1) is 20.1. The summed E-state index contributed by atoms with van der Waals surface area (Å²) in [5.41, 5.74) is 8.06. The van der Waals surface area contributed by atoms with Crippen LogP contribution in [0, 0.1) is 0 Å². The van der Waals surface area contributed by atoms with Crippen molar-refractivity contribution in [1.29, 1.82) is 0 Å². The van der Waals surface area contributed by atoms with Gasteiger partial charge in [-0.25, -0.2) is 9.59 Å². The van der Waals surface area contributed by atoms with E-state index in [2.05, 4.69) is 4.99 Å². The fourth-order valence-corrected chi connectivity index (χ4v) is 4.52. The number of ether oxygens (including phenoxy) is 3. The Balaban J connectivity index is 1.28. The molecule has 42 heavy (non-hydrogen) atoms. The van der Waals surface area contributed by atoms with Gasteiger partial charge in [-0.3, -0.25) is 4.99 Å². The third-order valence-corrected chi connectivity index (χ3v) is 6.71. The lowest BCUT2D eigenvalue weighted by Gasteiger charge is -2.32. The van der Waals surface area contributed by atoms with Crippen LogP contribution in [0.15, 0.2) is 89.9 Å². The highest BCUT2D eigenvalue weighted by molar-refractivity contribution is 5.97. The zero-order chi connectivity index (χ0) is 30.1. The number of rotatable bonds is 9. The average Bonchev–Trinajstić information content (AvgIpc) is 2.99. The number of hydrogen-bond donors (Lipinski definition) is 2. The average molecular weight is 574 g/mol. The van der Waals surface area contributed by atoms with Gasteiger partial charge in [-0.2, -0.15) is 0 Å². The number of nitrogens with two attached hydrogens (primary N) is 1. The van der Waals surface area contributed by atoms with Crippen molar-refractivity contribution in [3.8, 4) is 5.75 Å². The van der Waals surface area contributed by atoms with Gasteiger partial charge in [0.25, 0.3) is 0 Å². The van der Waals surface area contributed by atoms with Crippen LogP contribution in [0.3, 0.4) is 0 Å². The second-order valence-electron chi connectivity index (χ2n) is 11.2. The highest BCUT2D eigenvalue weighted by atomic mass is 16.6. The van der Waals surface area contributed by atoms with Gasteiger partial charge in [0.2, 0.25) is 0 Å². The maximum absolute atomic E-state index is 12.8. The Bertz CT molecular complexity index is 1290. The molecule has 0 spiro atoms. The van der Waals surface area contributed by atoms with E-state index in [0.717, 1.165) is 16.7 Å². The van der Waals surface area contributed by atoms with Crippen LogP contribution in [0.4, 0.5) is 4.79 Å². The van der Waals surface area contributed by atoms with E-state index in [9.17, 15) is 14.7 Å². The second-order valence-corrected chi connectivity index (χ2v) is 11.2.